The zero-order valence-electron chi connectivity index (χ0n) is 3.38. The fourth-order valence-electron chi connectivity index (χ4n) is 0. The van der Waals surface area contributed by atoms with Crippen molar-refractivity contribution in [3.05, 3.63) is 0 Å². The van der Waals surface area contributed by atoms with Crippen LogP contribution >= 0.6 is 0 Å². The van der Waals surface area contributed by atoms with Crippen LogP contribution < -0.4 is 5.73 Å². The van der Waals surface area contributed by atoms with Crippen molar-refractivity contribution in [1.29, 1.82) is 0 Å². The van der Waals surface area contributed by atoms with Gasteiger partial charge in [-0.3, -0.25) is 0 Å². The van der Waals surface area contributed by atoms with Crippen molar-refractivity contribution < 1.29 is 15.0 Å². The van der Waals surface area contributed by atoms with Crippen LogP contribution in [0, 0.1) is 0 Å². The zero-order chi connectivity index (χ0) is 5.58. The molecule has 40 valence electrons. The van der Waals surface area contributed by atoms with E-state index in [1.807, 2.05) is 0 Å². The number of rotatable bonds is 0. The van der Waals surface area contributed by atoms with Crippen molar-refractivity contribution in [2.75, 3.05) is 7.05 Å². The second kappa shape index (κ2) is 15.7. The van der Waals surface area contributed by atoms with Gasteiger partial charge in [0.15, 0.2) is 0 Å². The molecular formula is C2H8CsNO3. The average molecular weight is 227 g/mol. The summed E-state index contributed by atoms with van der Waals surface area (Å²) in [5, 5.41) is 13.9. The summed E-state index contributed by atoms with van der Waals surface area (Å²) >= 11 is 0. The van der Waals surface area contributed by atoms with Crippen LogP contribution in [-0.4, -0.2) is 92.3 Å². The van der Waals surface area contributed by atoms with Gasteiger partial charge in [0, 0.05) is 0 Å². The van der Waals surface area contributed by atoms with E-state index in [1.54, 1.807) is 0 Å². The standard InChI is InChI=1S/CH5N.CH2O3.Cs.H/c1-2;2-1(3)4;;/h2H2,1H3;(H2,2,3,4);;. The fraction of sp³-hybridized carbons (Fsp3) is 0.500. The molecule has 0 heterocycles. The maximum atomic E-state index is 8.56. The molecule has 5 heteroatoms. The molecule has 0 spiro atoms. The number of hydrogen-bond donors (Lipinski definition) is 3. The Balaban J connectivity index is -0.0000000480. The molecule has 4 nitrogen and oxygen atoms in total. The summed E-state index contributed by atoms with van der Waals surface area (Å²) < 4.78 is 0. The molecule has 0 radical (unpaired) electrons. The first-order valence-electron chi connectivity index (χ1n) is 1.23. The predicted molar refractivity (Wildman–Crippen MR) is 27.9 cm³/mol. The minimum atomic E-state index is -1.83. The second-order valence-corrected chi connectivity index (χ2v) is 0.283. The average Bonchev–Trinajstić information content (AvgIpc) is 1.41. The molecule has 4 N–H and O–H groups in total. The summed E-state index contributed by atoms with van der Waals surface area (Å²) in [7, 11) is 1.50. The number of carboxylic acid groups (broad SMARTS) is 2. The van der Waals surface area contributed by atoms with E-state index in [9.17, 15) is 0 Å². The van der Waals surface area contributed by atoms with Gasteiger partial charge >= 0.3 is 75.0 Å². The van der Waals surface area contributed by atoms with Crippen molar-refractivity contribution in [3.63, 3.8) is 0 Å². The van der Waals surface area contributed by atoms with Crippen LogP contribution in [0.2, 0.25) is 0 Å². The van der Waals surface area contributed by atoms with Crippen molar-refractivity contribution >= 4 is 75.0 Å². The Morgan fingerprint density at radius 1 is 1.43 bits per heavy atom. The molecule has 7 heavy (non-hydrogen) atoms. The van der Waals surface area contributed by atoms with Gasteiger partial charge < -0.3 is 15.9 Å². The van der Waals surface area contributed by atoms with Crippen LogP contribution in [0.15, 0.2) is 0 Å². The molecule has 0 saturated carbocycles. The number of hydrogen-bond acceptors (Lipinski definition) is 2. The predicted octanol–water partition coefficient (Wildman–Crippen LogP) is -0.851. The van der Waals surface area contributed by atoms with E-state index >= 15 is 0 Å². The van der Waals surface area contributed by atoms with Crippen molar-refractivity contribution in [1.82, 2.24) is 0 Å². The molecule has 0 bridgehead atoms. The van der Waals surface area contributed by atoms with E-state index in [0.717, 1.165) is 0 Å². The molecule has 0 aliphatic rings. The summed E-state index contributed by atoms with van der Waals surface area (Å²) in [6, 6.07) is 0. The van der Waals surface area contributed by atoms with E-state index in [4.69, 9.17) is 15.0 Å². The first kappa shape index (κ1) is 15.7. The van der Waals surface area contributed by atoms with E-state index in [2.05, 4.69) is 5.73 Å². The molecule has 0 aromatic carbocycles. The topological polar surface area (TPSA) is 83.6 Å². The molecule has 0 aliphatic carbocycles. The maximum absolute atomic E-state index is 8.56. The number of nitrogens with two attached hydrogens (primary N) is 1. The Hall–Kier alpha value is 1.28. The van der Waals surface area contributed by atoms with Crippen molar-refractivity contribution in [2.45, 2.75) is 0 Å². The first-order valence-corrected chi connectivity index (χ1v) is 1.23. The molecule has 0 saturated heterocycles. The van der Waals surface area contributed by atoms with Gasteiger partial charge in [-0.1, -0.05) is 0 Å². The third-order valence-electron chi connectivity index (χ3n) is 0. The van der Waals surface area contributed by atoms with Gasteiger partial charge in [-0.15, -0.1) is 0 Å². The molecule has 0 unspecified atom stereocenters. The monoisotopic (exact) mass is 227 g/mol. The van der Waals surface area contributed by atoms with Crippen molar-refractivity contribution in [2.24, 2.45) is 5.73 Å². The summed E-state index contributed by atoms with van der Waals surface area (Å²) in [6.45, 7) is 0. The summed E-state index contributed by atoms with van der Waals surface area (Å²) in [4.78, 5) is 8.56. The summed E-state index contributed by atoms with van der Waals surface area (Å²) in [5.74, 6) is 0. The Morgan fingerprint density at radius 3 is 1.43 bits per heavy atom. The molecular weight excluding hydrogens is 219 g/mol. The zero-order valence-corrected chi connectivity index (χ0v) is 3.38. The number of carbonyl (C=O) groups is 1. The van der Waals surface area contributed by atoms with Crippen LogP contribution in [0.5, 0.6) is 0 Å². The quantitative estimate of drug-likeness (QED) is 0.503. The van der Waals surface area contributed by atoms with E-state index in [0.29, 0.717) is 0 Å². The summed E-state index contributed by atoms with van der Waals surface area (Å²) in [6.07, 6.45) is -1.83. The fourth-order valence-corrected chi connectivity index (χ4v) is 0. The van der Waals surface area contributed by atoms with Crippen molar-refractivity contribution in [3.8, 4) is 0 Å². The SMILES string of the molecule is CN.O=C(O)O.[CsH]. The van der Waals surface area contributed by atoms with Gasteiger partial charge in [0.25, 0.3) is 0 Å². The van der Waals surface area contributed by atoms with Crippen LogP contribution in [0.25, 0.3) is 0 Å². The Morgan fingerprint density at radius 2 is 1.43 bits per heavy atom. The summed E-state index contributed by atoms with van der Waals surface area (Å²) in [5.41, 5.74) is 4.50. The van der Waals surface area contributed by atoms with Gasteiger partial charge in [0.05, 0.1) is 0 Å². The molecule has 0 aliphatic heterocycles. The van der Waals surface area contributed by atoms with Gasteiger partial charge in [0.1, 0.15) is 0 Å². The van der Waals surface area contributed by atoms with E-state index < -0.39 is 6.16 Å². The van der Waals surface area contributed by atoms with E-state index in [1.165, 1.54) is 7.05 Å². The van der Waals surface area contributed by atoms with Crippen LogP contribution in [0.1, 0.15) is 0 Å². The minimum absolute atomic E-state index is 0. The third kappa shape index (κ3) is 124. The molecule has 0 amide bonds. The molecule has 0 rings (SSSR count). The molecule has 0 atom stereocenters. The third-order valence-corrected chi connectivity index (χ3v) is 0. The van der Waals surface area contributed by atoms with Crippen LogP contribution in [0.3, 0.4) is 0 Å². The molecule has 0 aromatic heterocycles. The Kier molecular flexibility index (Phi) is 35.2. The molecule has 0 fully saturated rings. The Bertz CT molecular complexity index is 35.9. The van der Waals surface area contributed by atoms with Gasteiger partial charge in [-0.25, -0.2) is 4.79 Å². The van der Waals surface area contributed by atoms with Gasteiger partial charge in [-0.2, -0.15) is 0 Å². The van der Waals surface area contributed by atoms with Crippen LogP contribution in [-0.2, 0) is 0 Å². The first-order chi connectivity index (χ1) is 2.73. The molecule has 0 aromatic rings. The van der Waals surface area contributed by atoms with E-state index in [-0.39, 0.29) is 68.9 Å². The van der Waals surface area contributed by atoms with Gasteiger partial charge in [0.2, 0.25) is 0 Å². The second-order valence-electron chi connectivity index (χ2n) is 0.283. The van der Waals surface area contributed by atoms with Gasteiger partial charge in [-0.05, 0) is 7.05 Å². The normalized spacial score (nSPS) is 4.29. The van der Waals surface area contributed by atoms with Crippen LogP contribution in [0.4, 0.5) is 4.79 Å². The Labute approximate surface area is 101 Å².